The van der Waals surface area contributed by atoms with Crippen LogP contribution in [0.3, 0.4) is 0 Å². The summed E-state index contributed by atoms with van der Waals surface area (Å²) in [5.41, 5.74) is 2.17. The van der Waals surface area contributed by atoms with Gasteiger partial charge < -0.3 is 10.3 Å². The summed E-state index contributed by atoms with van der Waals surface area (Å²) in [6.45, 7) is 0.202. The zero-order valence-electron chi connectivity index (χ0n) is 16.6. The van der Waals surface area contributed by atoms with E-state index in [1.807, 2.05) is 54.7 Å². The average molecular weight is 422 g/mol. The monoisotopic (exact) mass is 421 g/mol. The molecule has 0 aliphatic rings. The number of nitrogens with zero attached hydrogens (tertiary/aromatic N) is 1. The lowest BCUT2D eigenvalue weighted by atomic mass is 10.1. The lowest BCUT2D eigenvalue weighted by molar-refractivity contribution is -0.121. The van der Waals surface area contributed by atoms with Gasteiger partial charge in [0.15, 0.2) is 0 Å². The molecule has 0 aliphatic heterocycles. The van der Waals surface area contributed by atoms with Gasteiger partial charge in [0.1, 0.15) is 0 Å². The number of aromatic nitrogens is 1. The number of likely N-dealkylation sites (N-methyl/N-ethyl adjacent to an activating group) is 1. The zero-order chi connectivity index (χ0) is 21.1. The Hall–Kier alpha value is -3.16. The Balaban J connectivity index is 1.37. The van der Waals surface area contributed by atoms with Crippen molar-refractivity contribution in [1.82, 2.24) is 14.6 Å². The summed E-state index contributed by atoms with van der Waals surface area (Å²) in [7, 11) is -2.33. The van der Waals surface area contributed by atoms with E-state index in [4.69, 9.17) is 0 Å². The van der Waals surface area contributed by atoms with Gasteiger partial charge in [0, 0.05) is 30.7 Å². The van der Waals surface area contributed by atoms with E-state index in [-0.39, 0.29) is 17.3 Å². The number of H-pyrrole nitrogens is 1. The molecule has 1 amide bonds. The number of aromatic amines is 1. The summed E-state index contributed by atoms with van der Waals surface area (Å²) < 4.78 is 26.8. The largest absolute Gasteiger partial charge is 0.361 e. The highest BCUT2D eigenvalue weighted by atomic mass is 32.2. The Bertz CT molecular complexity index is 1310. The molecule has 0 spiro atoms. The number of amides is 1. The standard InChI is InChI=1S/C23H23N3O3S/c1-26(30(28,29)20-11-10-17-6-2-3-7-18(17)14-20)16-23(27)24-13-12-19-15-25-22-9-5-4-8-21(19)22/h2-11,14-15,25H,12-13,16H2,1H3,(H,24,27). The number of carbonyl (C=O) groups is 1. The molecule has 0 aliphatic carbocycles. The van der Waals surface area contributed by atoms with Crippen LogP contribution in [0.2, 0.25) is 0 Å². The maximum absolute atomic E-state index is 12.9. The number of rotatable bonds is 7. The van der Waals surface area contributed by atoms with Gasteiger partial charge in [-0.05, 0) is 41.0 Å². The summed E-state index contributed by atoms with van der Waals surface area (Å²) in [6.07, 6.45) is 2.60. The second-order valence-electron chi connectivity index (χ2n) is 7.23. The van der Waals surface area contributed by atoms with Crippen LogP contribution in [0.4, 0.5) is 0 Å². The van der Waals surface area contributed by atoms with Crippen molar-refractivity contribution in [2.24, 2.45) is 0 Å². The molecule has 154 valence electrons. The van der Waals surface area contributed by atoms with Crippen LogP contribution in [0, 0.1) is 0 Å². The average Bonchev–Trinajstić information content (AvgIpc) is 3.16. The van der Waals surface area contributed by atoms with Crippen LogP contribution < -0.4 is 5.32 Å². The van der Waals surface area contributed by atoms with E-state index in [1.165, 1.54) is 7.05 Å². The molecule has 3 aromatic carbocycles. The van der Waals surface area contributed by atoms with Gasteiger partial charge in [0.05, 0.1) is 11.4 Å². The van der Waals surface area contributed by atoms with Gasteiger partial charge in [0.25, 0.3) is 0 Å². The van der Waals surface area contributed by atoms with Crippen molar-refractivity contribution >= 4 is 37.6 Å². The Morgan fingerprint density at radius 2 is 1.73 bits per heavy atom. The number of carbonyl (C=O) groups excluding carboxylic acids is 1. The van der Waals surface area contributed by atoms with Crippen molar-refractivity contribution in [3.05, 3.63) is 78.5 Å². The predicted octanol–water partition coefficient (Wildman–Crippen LogP) is 3.30. The first-order valence-electron chi connectivity index (χ1n) is 9.72. The maximum Gasteiger partial charge on any atom is 0.243 e. The van der Waals surface area contributed by atoms with E-state index in [1.54, 1.807) is 18.2 Å². The zero-order valence-corrected chi connectivity index (χ0v) is 17.4. The van der Waals surface area contributed by atoms with E-state index < -0.39 is 10.0 Å². The summed E-state index contributed by atoms with van der Waals surface area (Å²) in [4.78, 5) is 15.7. The van der Waals surface area contributed by atoms with Crippen LogP contribution in [0.15, 0.2) is 77.8 Å². The molecule has 0 saturated heterocycles. The second-order valence-corrected chi connectivity index (χ2v) is 9.27. The van der Waals surface area contributed by atoms with Gasteiger partial charge in [-0.3, -0.25) is 4.79 Å². The lowest BCUT2D eigenvalue weighted by Gasteiger charge is -2.17. The highest BCUT2D eigenvalue weighted by Gasteiger charge is 2.23. The highest BCUT2D eigenvalue weighted by molar-refractivity contribution is 7.89. The number of benzene rings is 3. The van der Waals surface area contributed by atoms with Crippen molar-refractivity contribution in [2.45, 2.75) is 11.3 Å². The van der Waals surface area contributed by atoms with Crippen LogP contribution in [-0.4, -0.2) is 43.8 Å². The van der Waals surface area contributed by atoms with Gasteiger partial charge in [-0.1, -0.05) is 48.5 Å². The molecule has 1 aromatic heterocycles. The van der Waals surface area contributed by atoms with Gasteiger partial charge in [-0.15, -0.1) is 0 Å². The van der Waals surface area contributed by atoms with Crippen molar-refractivity contribution in [1.29, 1.82) is 0 Å². The van der Waals surface area contributed by atoms with Crippen LogP contribution in [0.1, 0.15) is 5.56 Å². The van der Waals surface area contributed by atoms with Crippen molar-refractivity contribution in [2.75, 3.05) is 20.1 Å². The minimum Gasteiger partial charge on any atom is -0.361 e. The third-order valence-corrected chi connectivity index (χ3v) is 6.99. The van der Waals surface area contributed by atoms with Gasteiger partial charge in [-0.2, -0.15) is 4.31 Å². The van der Waals surface area contributed by atoms with E-state index in [0.717, 1.165) is 31.5 Å². The molecule has 6 nitrogen and oxygen atoms in total. The summed E-state index contributed by atoms with van der Waals surface area (Å²) in [5.74, 6) is -0.332. The quantitative estimate of drug-likeness (QED) is 0.480. The van der Waals surface area contributed by atoms with Crippen LogP contribution in [-0.2, 0) is 21.2 Å². The van der Waals surface area contributed by atoms with Gasteiger partial charge in [-0.25, -0.2) is 8.42 Å². The molecular weight excluding hydrogens is 398 g/mol. The number of para-hydroxylation sites is 1. The molecule has 0 atom stereocenters. The lowest BCUT2D eigenvalue weighted by Crippen LogP contribution is -2.39. The minimum atomic E-state index is -3.76. The Morgan fingerprint density at radius 3 is 2.57 bits per heavy atom. The second kappa shape index (κ2) is 8.30. The van der Waals surface area contributed by atoms with Crippen LogP contribution in [0.5, 0.6) is 0 Å². The molecule has 1 heterocycles. The molecule has 7 heteroatoms. The molecule has 0 saturated carbocycles. The SMILES string of the molecule is CN(CC(=O)NCCc1c[nH]c2ccccc12)S(=O)(=O)c1ccc2ccccc2c1. The normalized spacial score (nSPS) is 11.9. The molecule has 30 heavy (non-hydrogen) atoms. The van der Waals surface area contributed by atoms with E-state index in [2.05, 4.69) is 10.3 Å². The first-order chi connectivity index (χ1) is 14.4. The Labute approximate surface area is 175 Å². The van der Waals surface area contributed by atoms with E-state index in [0.29, 0.717) is 13.0 Å². The van der Waals surface area contributed by atoms with Crippen molar-refractivity contribution in [3.63, 3.8) is 0 Å². The number of fused-ring (bicyclic) bond motifs is 2. The number of hydrogen-bond acceptors (Lipinski definition) is 3. The Kier molecular flexibility index (Phi) is 5.57. The molecule has 4 aromatic rings. The Morgan fingerprint density at radius 1 is 1.00 bits per heavy atom. The molecule has 0 fully saturated rings. The summed E-state index contributed by atoms with van der Waals surface area (Å²) >= 11 is 0. The minimum absolute atomic E-state index is 0.176. The first-order valence-corrected chi connectivity index (χ1v) is 11.2. The third kappa shape index (κ3) is 4.08. The maximum atomic E-state index is 12.9. The third-order valence-electron chi connectivity index (χ3n) is 5.19. The fraction of sp³-hybridized carbons (Fsp3) is 0.174. The molecular formula is C23H23N3O3S. The molecule has 4 rings (SSSR count). The van der Waals surface area contributed by atoms with E-state index >= 15 is 0 Å². The smallest absolute Gasteiger partial charge is 0.243 e. The predicted molar refractivity (Wildman–Crippen MR) is 119 cm³/mol. The van der Waals surface area contributed by atoms with Gasteiger partial charge in [0.2, 0.25) is 15.9 Å². The molecule has 2 N–H and O–H groups in total. The fourth-order valence-electron chi connectivity index (χ4n) is 3.53. The molecule has 0 unspecified atom stereocenters. The number of sulfonamides is 1. The van der Waals surface area contributed by atoms with Gasteiger partial charge >= 0.3 is 0 Å². The van der Waals surface area contributed by atoms with Crippen LogP contribution in [0.25, 0.3) is 21.7 Å². The molecule has 0 bridgehead atoms. The number of hydrogen-bond donors (Lipinski definition) is 2. The van der Waals surface area contributed by atoms with Crippen molar-refractivity contribution in [3.8, 4) is 0 Å². The van der Waals surface area contributed by atoms with Crippen molar-refractivity contribution < 1.29 is 13.2 Å². The number of nitrogens with one attached hydrogen (secondary N) is 2. The molecule has 0 radical (unpaired) electrons. The summed E-state index contributed by atoms with van der Waals surface area (Å²) in [5, 5.41) is 5.75. The summed E-state index contributed by atoms with van der Waals surface area (Å²) in [6, 6.07) is 20.5. The van der Waals surface area contributed by atoms with E-state index in [9.17, 15) is 13.2 Å². The topological polar surface area (TPSA) is 82.3 Å². The fourth-order valence-corrected chi connectivity index (χ4v) is 4.69. The first kappa shape index (κ1) is 20.1. The van der Waals surface area contributed by atoms with Crippen LogP contribution >= 0.6 is 0 Å². The highest BCUT2D eigenvalue weighted by Crippen LogP contribution is 2.21.